The predicted octanol–water partition coefficient (Wildman–Crippen LogP) is -3.65. The smallest absolute Gasteiger partial charge is 0.417 e. The van der Waals surface area contributed by atoms with Gasteiger partial charge in [-0.15, -0.1) is 0 Å². The lowest BCUT2D eigenvalue weighted by Gasteiger charge is -2.09. The third-order valence-corrected chi connectivity index (χ3v) is 2.87. The van der Waals surface area contributed by atoms with E-state index in [0.29, 0.717) is 0 Å². The summed E-state index contributed by atoms with van der Waals surface area (Å²) in [5.41, 5.74) is 0. The third-order valence-electron chi connectivity index (χ3n) is 2.87. The lowest BCUT2D eigenvalue weighted by Crippen LogP contribution is -2.28. The van der Waals surface area contributed by atoms with Crippen molar-refractivity contribution >= 4 is 47.8 Å². The van der Waals surface area contributed by atoms with Crippen molar-refractivity contribution in [2.24, 2.45) is 0 Å². The number of carbonyl (C=O) groups excluding carboxylic acids is 8. The van der Waals surface area contributed by atoms with Crippen LogP contribution in [0.3, 0.4) is 0 Å². The fourth-order valence-corrected chi connectivity index (χ4v) is 1.55. The van der Waals surface area contributed by atoms with Gasteiger partial charge in [0.2, 0.25) is 0 Å². The number of ether oxygens (including phenoxy) is 8. The monoisotopic (exact) mass is 464 g/mol. The van der Waals surface area contributed by atoms with Gasteiger partial charge in [-0.3, -0.25) is 0 Å². The Morgan fingerprint density at radius 3 is 0.438 bits per heavy atom. The highest BCUT2D eigenvalue weighted by molar-refractivity contribution is 6.31. The summed E-state index contributed by atoms with van der Waals surface area (Å²) in [6, 6.07) is 0. The van der Waals surface area contributed by atoms with Crippen LogP contribution in [-0.2, 0) is 76.3 Å². The van der Waals surface area contributed by atoms with E-state index < -0.39 is 101 Å². The van der Waals surface area contributed by atoms with Gasteiger partial charge in [0.25, 0.3) is 0 Å². The van der Waals surface area contributed by atoms with Gasteiger partial charge in [0.15, 0.2) is 0 Å². The van der Waals surface area contributed by atoms with Crippen molar-refractivity contribution < 1.29 is 76.3 Å². The molecule has 1 aliphatic heterocycles. The summed E-state index contributed by atoms with van der Waals surface area (Å²) in [5.74, 6) is -11.8. The highest BCUT2D eigenvalue weighted by Crippen LogP contribution is 1.93. The average molecular weight is 464 g/mol. The number of hydrogen-bond acceptors (Lipinski definition) is 16. The number of esters is 8. The number of rotatable bonds is 0. The van der Waals surface area contributed by atoms with Crippen LogP contribution in [0.1, 0.15) is 0 Å². The van der Waals surface area contributed by atoms with E-state index >= 15 is 0 Å². The predicted molar refractivity (Wildman–Crippen MR) is 87.7 cm³/mol. The van der Waals surface area contributed by atoms with Gasteiger partial charge in [0, 0.05) is 0 Å². The summed E-state index contributed by atoms with van der Waals surface area (Å²) in [6.07, 6.45) is 0. The number of cyclic esters (lactones) is 8. The maximum atomic E-state index is 11.3. The van der Waals surface area contributed by atoms with E-state index in [9.17, 15) is 38.4 Å². The van der Waals surface area contributed by atoms with Crippen LogP contribution >= 0.6 is 0 Å². The molecule has 0 unspecified atom stereocenters. The Labute approximate surface area is 177 Å². The van der Waals surface area contributed by atoms with Crippen molar-refractivity contribution in [3.63, 3.8) is 0 Å². The Bertz CT molecular complexity index is 576. The first-order valence-electron chi connectivity index (χ1n) is 8.58. The van der Waals surface area contributed by atoms with E-state index in [1.165, 1.54) is 0 Å². The normalized spacial score (nSPS) is 19.5. The second kappa shape index (κ2) is 13.9. The zero-order valence-corrected chi connectivity index (χ0v) is 16.2. The lowest BCUT2D eigenvalue weighted by molar-refractivity contribution is -0.177. The molecule has 1 rings (SSSR count). The quantitative estimate of drug-likeness (QED) is 0.192. The summed E-state index contributed by atoms with van der Waals surface area (Å²) in [6.45, 7) is -4.94. The maximum absolute atomic E-state index is 11.3. The second-order valence-corrected chi connectivity index (χ2v) is 5.09. The van der Waals surface area contributed by atoms with Crippen molar-refractivity contribution in [3.8, 4) is 0 Å². The Balaban J connectivity index is 2.59. The molecule has 1 aliphatic rings. The highest BCUT2D eigenvalue weighted by atomic mass is 16.7. The average Bonchev–Trinajstić information content (AvgIpc) is 2.77. The largest absolute Gasteiger partial charge is 0.454 e. The zero-order chi connectivity index (χ0) is 23.9. The standard InChI is InChI=1S/C16H16O16/c17-9-10(18)27-3-4-29-13(21)14(22)31-7-8-32-16(24)15(23)30-6-5-28-12(20)11(19)26-2-1-25-9/h1-8H2. The van der Waals surface area contributed by atoms with Gasteiger partial charge in [0.1, 0.15) is 52.9 Å². The van der Waals surface area contributed by atoms with Crippen LogP contribution in [0.25, 0.3) is 0 Å². The van der Waals surface area contributed by atoms with Gasteiger partial charge in [-0.2, -0.15) is 0 Å². The number of carbonyl (C=O) groups is 8. The molecule has 0 N–H and O–H groups in total. The van der Waals surface area contributed by atoms with Crippen LogP contribution in [0, 0.1) is 0 Å². The molecule has 0 amide bonds. The van der Waals surface area contributed by atoms with Gasteiger partial charge in [-0.25, -0.2) is 38.4 Å². The number of hydrogen-bond donors (Lipinski definition) is 0. The first-order valence-corrected chi connectivity index (χ1v) is 8.58. The molecule has 0 aliphatic carbocycles. The molecule has 0 bridgehead atoms. The summed E-state index contributed by atoms with van der Waals surface area (Å²) < 4.78 is 35.3. The first-order chi connectivity index (χ1) is 15.2. The van der Waals surface area contributed by atoms with Gasteiger partial charge in [-0.1, -0.05) is 0 Å². The van der Waals surface area contributed by atoms with Crippen LogP contribution in [0.2, 0.25) is 0 Å². The van der Waals surface area contributed by atoms with Gasteiger partial charge in [0.05, 0.1) is 0 Å². The molecule has 0 aromatic rings. The van der Waals surface area contributed by atoms with E-state index in [-0.39, 0.29) is 0 Å². The highest BCUT2D eigenvalue weighted by Gasteiger charge is 2.23. The van der Waals surface area contributed by atoms with E-state index in [2.05, 4.69) is 37.9 Å². The molecule has 1 fully saturated rings. The van der Waals surface area contributed by atoms with E-state index in [0.717, 1.165) is 0 Å². The fourth-order valence-electron chi connectivity index (χ4n) is 1.55. The Morgan fingerprint density at radius 1 is 0.250 bits per heavy atom. The van der Waals surface area contributed by atoms with Gasteiger partial charge < -0.3 is 37.9 Å². The fraction of sp³-hybridized carbons (Fsp3) is 0.500. The van der Waals surface area contributed by atoms with Gasteiger partial charge >= 0.3 is 47.8 Å². The molecular formula is C16H16O16. The molecule has 1 heterocycles. The molecule has 16 nitrogen and oxygen atoms in total. The third kappa shape index (κ3) is 9.99. The molecule has 32 heavy (non-hydrogen) atoms. The molecule has 16 heteroatoms. The van der Waals surface area contributed by atoms with Crippen LogP contribution in [-0.4, -0.2) is 101 Å². The van der Waals surface area contributed by atoms with Crippen molar-refractivity contribution in [2.75, 3.05) is 52.9 Å². The minimum Gasteiger partial charge on any atom is -0.454 e. The minimum atomic E-state index is -1.47. The van der Waals surface area contributed by atoms with Crippen molar-refractivity contribution in [1.82, 2.24) is 0 Å². The molecule has 0 spiro atoms. The Kier molecular flexibility index (Phi) is 11.2. The van der Waals surface area contributed by atoms with Crippen LogP contribution < -0.4 is 0 Å². The van der Waals surface area contributed by atoms with Crippen LogP contribution in [0.15, 0.2) is 0 Å². The molecular weight excluding hydrogens is 448 g/mol. The first kappa shape index (κ1) is 25.8. The minimum absolute atomic E-state index is 0.618. The van der Waals surface area contributed by atoms with E-state index in [1.807, 2.05) is 0 Å². The summed E-state index contributed by atoms with van der Waals surface area (Å²) in [7, 11) is 0. The summed E-state index contributed by atoms with van der Waals surface area (Å²) >= 11 is 0. The van der Waals surface area contributed by atoms with E-state index in [1.54, 1.807) is 0 Å². The van der Waals surface area contributed by atoms with Crippen molar-refractivity contribution in [2.45, 2.75) is 0 Å². The molecule has 0 saturated carbocycles. The van der Waals surface area contributed by atoms with E-state index in [4.69, 9.17) is 0 Å². The van der Waals surface area contributed by atoms with Gasteiger partial charge in [-0.05, 0) is 0 Å². The molecule has 176 valence electrons. The Hall–Kier alpha value is -4.24. The summed E-state index contributed by atoms with van der Waals surface area (Å²) in [4.78, 5) is 90.8. The Morgan fingerprint density at radius 2 is 0.344 bits per heavy atom. The molecule has 1 saturated heterocycles. The molecule has 0 atom stereocenters. The molecule has 0 aromatic heterocycles. The van der Waals surface area contributed by atoms with Crippen LogP contribution in [0.5, 0.6) is 0 Å². The lowest BCUT2D eigenvalue weighted by atomic mass is 10.6. The topological polar surface area (TPSA) is 210 Å². The SMILES string of the molecule is O=C1OCCOC(=O)C(=O)OCCOC(=O)C(=O)OCCOC(=O)C(=O)OCCOC1=O. The van der Waals surface area contributed by atoms with Crippen molar-refractivity contribution in [3.05, 3.63) is 0 Å². The molecule has 0 aromatic carbocycles. The maximum Gasteiger partial charge on any atom is 0.417 e. The second-order valence-electron chi connectivity index (χ2n) is 5.09. The zero-order valence-electron chi connectivity index (χ0n) is 16.2. The summed E-state index contributed by atoms with van der Waals surface area (Å²) in [5, 5.41) is 0. The van der Waals surface area contributed by atoms with Crippen molar-refractivity contribution in [1.29, 1.82) is 0 Å². The molecule has 0 radical (unpaired) electrons. The van der Waals surface area contributed by atoms with Crippen LogP contribution in [0.4, 0.5) is 0 Å².